The fourth-order valence-electron chi connectivity index (χ4n) is 3.11. The van der Waals surface area contributed by atoms with Gasteiger partial charge >= 0.3 is 0 Å². The van der Waals surface area contributed by atoms with E-state index in [0.717, 1.165) is 51.1 Å². The van der Waals surface area contributed by atoms with Gasteiger partial charge in [0.2, 0.25) is 0 Å². The van der Waals surface area contributed by atoms with E-state index in [0.29, 0.717) is 6.04 Å². The molecule has 0 saturated carbocycles. The lowest BCUT2D eigenvalue weighted by molar-refractivity contribution is 0.0709. The van der Waals surface area contributed by atoms with E-state index in [1.54, 1.807) is 0 Å². The zero-order valence-electron chi connectivity index (χ0n) is 12.1. The first-order valence-corrected chi connectivity index (χ1v) is 7.59. The Bertz CT molecular complexity index is 500. The van der Waals surface area contributed by atoms with Crippen LogP contribution in [-0.2, 0) is 12.8 Å². The zero-order valence-corrected chi connectivity index (χ0v) is 12.1. The number of piperazine rings is 1. The van der Waals surface area contributed by atoms with Crippen molar-refractivity contribution in [2.45, 2.75) is 25.8 Å². The van der Waals surface area contributed by atoms with Gasteiger partial charge < -0.3 is 15.5 Å². The molecule has 1 unspecified atom stereocenters. The predicted octanol–water partition coefficient (Wildman–Crippen LogP) is 0.809. The Hall–Kier alpha value is -1.39. The highest BCUT2D eigenvalue weighted by Crippen LogP contribution is 2.17. The van der Waals surface area contributed by atoms with Crippen LogP contribution in [0.25, 0.3) is 0 Å². The molecule has 2 aliphatic heterocycles. The lowest BCUT2D eigenvalue weighted by Crippen LogP contribution is -2.51. The lowest BCUT2D eigenvalue weighted by atomic mass is 9.99. The van der Waals surface area contributed by atoms with E-state index >= 15 is 0 Å². The van der Waals surface area contributed by atoms with Crippen LogP contribution in [0.1, 0.15) is 28.4 Å². The van der Waals surface area contributed by atoms with Crippen molar-refractivity contribution < 1.29 is 4.79 Å². The first-order valence-electron chi connectivity index (χ1n) is 7.59. The Labute approximate surface area is 120 Å². The van der Waals surface area contributed by atoms with Crippen molar-refractivity contribution in [3.63, 3.8) is 0 Å². The molecular weight excluding hydrogens is 250 g/mol. The van der Waals surface area contributed by atoms with Crippen molar-refractivity contribution in [1.82, 2.24) is 15.5 Å². The summed E-state index contributed by atoms with van der Waals surface area (Å²) >= 11 is 0. The van der Waals surface area contributed by atoms with Crippen molar-refractivity contribution >= 4 is 5.91 Å². The van der Waals surface area contributed by atoms with Gasteiger partial charge in [-0.2, -0.15) is 0 Å². The quantitative estimate of drug-likeness (QED) is 0.796. The third-order valence-electron chi connectivity index (χ3n) is 4.25. The summed E-state index contributed by atoms with van der Waals surface area (Å²) in [6, 6.07) is 6.63. The molecule has 4 nitrogen and oxygen atoms in total. The number of fused-ring (bicyclic) bond motifs is 1. The Morgan fingerprint density at radius 3 is 2.80 bits per heavy atom. The largest absolute Gasteiger partial charge is 0.336 e. The Morgan fingerprint density at radius 1 is 1.20 bits per heavy atom. The van der Waals surface area contributed by atoms with Gasteiger partial charge in [0.15, 0.2) is 0 Å². The van der Waals surface area contributed by atoms with Crippen molar-refractivity contribution in [1.29, 1.82) is 0 Å². The Morgan fingerprint density at radius 2 is 2.00 bits per heavy atom. The fourth-order valence-corrected chi connectivity index (χ4v) is 3.11. The van der Waals surface area contributed by atoms with Crippen molar-refractivity contribution in [2.75, 3.05) is 32.7 Å². The van der Waals surface area contributed by atoms with Gasteiger partial charge in [-0.25, -0.2) is 0 Å². The number of hydrogen-bond donors (Lipinski definition) is 2. The van der Waals surface area contributed by atoms with Gasteiger partial charge in [0.1, 0.15) is 0 Å². The first-order chi connectivity index (χ1) is 9.74. The van der Waals surface area contributed by atoms with Crippen LogP contribution in [0.5, 0.6) is 0 Å². The van der Waals surface area contributed by atoms with E-state index in [2.05, 4.69) is 29.7 Å². The second-order valence-corrected chi connectivity index (χ2v) is 5.84. The SMILES string of the molecule is CC1CN(C(=O)c2ccc3c(c2)CCNCC3)CCN1. The Kier molecular flexibility index (Phi) is 4.03. The molecule has 0 radical (unpaired) electrons. The minimum Gasteiger partial charge on any atom is -0.336 e. The summed E-state index contributed by atoms with van der Waals surface area (Å²) in [6.07, 6.45) is 2.09. The van der Waals surface area contributed by atoms with Crippen LogP contribution < -0.4 is 10.6 Å². The molecule has 0 bridgehead atoms. The van der Waals surface area contributed by atoms with Gasteiger partial charge in [-0.15, -0.1) is 0 Å². The van der Waals surface area contributed by atoms with Crippen molar-refractivity contribution in [2.24, 2.45) is 0 Å². The summed E-state index contributed by atoms with van der Waals surface area (Å²) in [5.74, 6) is 0.179. The van der Waals surface area contributed by atoms with E-state index in [4.69, 9.17) is 0 Å². The summed E-state index contributed by atoms with van der Waals surface area (Å²) < 4.78 is 0. The molecule has 2 N–H and O–H groups in total. The van der Waals surface area contributed by atoms with Crippen LogP contribution in [0.15, 0.2) is 18.2 Å². The lowest BCUT2D eigenvalue weighted by Gasteiger charge is -2.32. The minimum atomic E-state index is 0.179. The van der Waals surface area contributed by atoms with Crippen LogP contribution in [0.3, 0.4) is 0 Å². The molecule has 1 fully saturated rings. The minimum absolute atomic E-state index is 0.179. The van der Waals surface area contributed by atoms with E-state index in [9.17, 15) is 4.79 Å². The molecule has 2 heterocycles. The van der Waals surface area contributed by atoms with E-state index < -0.39 is 0 Å². The molecule has 1 aromatic rings. The van der Waals surface area contributed by atoms with Crippen LogP contribution in [0.2, 0.25) is 0 Å². The molecule has 2 aliphatic rings. The standard InChI is InChI=1S/C16H23N3O/c1-12-11-19(9-8-18-12)16(20)15-3-2-13-4-6-17-7-5-14(13)10-15/h2-3,10,12,17-18H,4-9,11H2,1H3. The number of nitrogens with zero attached hydrogens (tertiary/aromatic N) is 1. The molecular formula is C16H23N3O. The topological polar surface area (TPSA) is 44.4 Å². The molecule has 20 heavy (non-hydrogen) atoms. The second kappa shape index (κ2) is 5.94. The maximum absolute atomic E-state index is 12.6. The van der Waals surface area contributed by atoms with Gasteiger partial charge in [0.05, 0.1) is 0 Å². The molecule has 1 atom stereocenters. The molecule has 0 aliphatic carbocycles. The third kappa shape index (κ3) is 2.86. The second-order valence-electron chi connectivity index (χ2n) is 5.84. The number of nitrogens with one attached hydrogen (secondary N) is 2. The van der Waals surface area contributed by atoms with Crippen LogP contribution in [0, 0.1) is 0 Å². The third-order valence-corrected chi connectivity index (χ3v) is 4.25. The number of hydrogen-bond acceptors (Lipinski definition) is 3. The predicted molar refractivity (Wildman–Crippen MR) is 80.1 cm³/mol. The Balaban J connectivity index is 1.79. The molecule has 3 rings (SSSR count). The van der Waals surface area contributed by atoms with Gasteiger partial charge in [0.25, 0.3) is 5.91 Å². The molecule has 4 heteroatoms. The molecule has 0 spiro atoms. The summed E-state index contributed by atoms with van der Waals surface area (Å²) in [6.45, 7) is 6.67. The smallest absolute Gasteiger partial charge is 0.253 e. The van der Waals surface area contributed by atoms with Crippen molar-refractivity contribution in [3.8, 4) is 0 Å². The molecule has 1 amide bonds. The summed E-state index contributed by atoms with van der Waals surface area (Å²) in [5.41, 5.74) is 3.57. The number of carbonyl (C=O) groups excluding carboxylic acids is 1. The van der Waals surface area contributed by atoms with E-state index in [-0.39, 0.29) is 5.91 Å². The number of rotatable bonds is 1. The number of carbonyl (C=O) groups is 1. The normalized spacial score (nSPS) is 23.1. The summed E-state index contributed by atoms with van der Waals surface area (Å²) in [5, 5.41) is 6.78. The van der Waals surface area contributed by atoms with Gasteiger partial charge in [-0.05, 0) is 56.1 Å². The summed E-state index contributed by atoms with van der Waals surface area (Å²) in [4.78, 5) is 14.6. The van der Waals surface area contributed by atoms with Crippen molar-refractivity contribution in [3.05, 3.63) is 34.9 Å². The average Bonchev–Trinajstić information content (AvgIpc) is 2.71. The number of benzene rings is 1. The zero-order chi connectivity index (χ0) is 13.9. The molecule has 108 valence electrons. The maximum Gasteiger partial charge on any atom is 0.253 e. The van der Waals surface area contributed by atoms with E-state index in [1.165, 1.54) is 11.1 Å². The summed E-state index contributed by atoms with van der Waals surface area (Å²) in [7, 11) is 0. The van der Waals surface area contributed by atoms with Crippen LogP contribution >= 0.6 is 0 Å². The highest BCUT2D eigenvalue weighted by Gasteiger charge is 2.22. The van der Waals surface area contributed by atoms with Gasteiger partial charge in [0, 0.05) is 31.2 Å². The molecule has 0 aromatic heterocycles. The molecule has 1 aromatic carbocycles. The highest BCUT2D eigenvalue weighted by molar-refractivity contribution is 5.94. The number of amides is 1. The van der Waals surface area contributed by atoms with E-state index in [1.807, 2.05) is 11.0 Å². The van der Waals surface area contributed by atoms with Crippen LogP contribution in [0.4, 0.5) is 0 Å². The monoisotopic (exact) mass is 273 g/mol. The van der Waals surface area contributed by atoms with Gasteiger partial charge in [-0.3, -0.25) is 4.79 Å². The molecule has 1 saturated heterocycles. The fraction of sp³-hybridized carbons (Fsp3) is 0.562. The first kappa shape index (κ1) is 13.6. The average molecular weight is 273 g/mol. The van der Waals surface area contributed by atoms with Gasteiger partial charge in [-0.1, -0.05) is 6.07 Å². The highest BCUT2D eigenvalue weighted by atomic mass is 16.2. The van der Waals surface area contributed by atoms with Crippen LogP contribution in [-0.4, -0.2) is 49.6 Å². The maximum atomic E-state index is 12.6.